The molecule has 14 heteroatoms. The standard InChI is InChI=1S/C18H21ClF3N9O/c1-9(2)16-12(8-25-15-6-14(19)30-31(15)16)28-17(32)27-10-5-13(18(20,21)22)24-7-11(10)29-26-4-3-23/h3,5-6,8-9,11,23,26,29H,4,7H2,1-2H3,(H2,27,28,32). The van der Waals surface area contributed by atoms with Crippen LogP contribution in [-0.2, 0) is 0 Å². The van der Waals surface area contributed by atoms with E-state index < -0.39 is 24.0 Å². The van der Waals surface area contributed by atoms with E-state index in [0.29, 0.717) is 17.0 Å². The van der Waals surface area contributed by atoms with Crippen LogP contribution in [0.2, 0.25) is 5.15 Å². The SMILES string of the molecule is CC(C)c1c(NC(=O)NC2=CC(C(F)(F)F)=NCC2NNCC=N)cnc2cc(Cl)nn12. The highest BCUT2D eigenvalue weighted by Crippen LogP contribution is 2.26. The molecule has 0 spiro atoms. The summed E-state index contributed by atoms with van der Waals surface area (Å²) in [6.45, 7) is 3.65. The number of hydrogen-bond donors (Lipinski definition) is 5. The highest BCUT2D eigenvalue weighted by molar-refractivity contribution is 6.29. The molecule has 0 bridgehead atoms. The molecule has 5 N–H and O–H groups in total. The predicted octanol–water partition coefficient (Wildman–Crippen LogP) is 2.64. The number of hydrogen-bond acceptors (Lipinski definition) is 7. The van der Waals surface area contributed by atoms with Gasteiger partial charge < -0.3 is 16.0 Å². The molecule has 0 saturated carbocycles. The molecule has 32 heavy (non-hydrogen) atoms. The van der Waals surface area contributed by atoms with Gasteiger partial charge in [-0.1, -0.05) is 25.4 Å². The molecular formula is C18H21ClF3N9O. The van der Waals surface area contributed by atoms with Gasteiger partial charge in [0.2, 0.25) is 0 Å². The predicted molar refractivity (Wildman–Crippen MR) is 114 cm³/mol. The number of carbonyl (C=O) groups excluding carboxylic acids is 1. The first kappa shape index (κ1) is 23.6. The minimum Gasteiger partial charge on any atom is -0.312 e. The number of allylic oxidation sites excluding steroid dienone is 1. The Labute approximate surface area is 185 Å². The molecule has 0 saturated heterocycles. The quantitative estimate of drug-likeness (QED) is 0.241. The van der Waals surface area contributed by atoms with Crippen molar-refractivity contribution < 1.29 is 18.0 Å². The number of hydrazine groups is 1. The van der Waals surface area contributed by atoms with Crippen LogP contribution in [0.25, 0.3) is 5.65 Å². The summed E-state index contributed by atoms with van der Waals surface area (Å²) in [7, 11) is 0. The van der Waals surface area contributed by atoms with Crippen LogP contribution in [0.15, 0.2) is 29.0 Å². The second kappa shape index (κ2) is 9.63. The maximum Gasteiger partial charge on any atom is 0.432 e. The van der Waals surface area contributed by atoms with Gasteiger partial charge in [0, 0.05) is 24.5 Å². The molecular weight excluding hydrogens is 451 g/mol. The number of aromatic nitrogens is 3. The smallest absolute Gasteiger partial charge is 0.312 e. The Morgan fingerprint density at radius 3 is 2.81 bits per heavy atom. The Bertz CT molecular complexity index is 1080. The fourth-order valence-corrected chi connectivity index (χ4v) is 3.27. The molecule has 1 aliphatic heterocycles. The summed E-state index contributed by atoms with van der Waals surface area (Å²) in [6, 6.07) is 0.0568. The molecule has 0 aliphatic carbocycles. The summed E-state index contributed by atoms with van der Waals surface area (Å²) >= 11 is 5.96. The summed E-state index contributed by atoms with van der Waals surface area (Å²) in [5.41, 5.74) is 5.71. The van der Waals surface area contributed by atoms with Gasteiger partial charge in [0.25, 0.3) is 0 Å². The first-order chi connectivity index (χ1) is 15.1. The van der Waals surface area contributed by atoms with Crippen LogP contribution in [0.1, 0.15) is 25.5 Å². The van der Waals surface area contributed by atoms with Crippen molar-refractivity contribution in [2.24, 2.45) is 4.99 Å². The minimum absolute atomic E-state index is 0.0374. The van der Waals surface area contributed by atoms with E-state index in [9.17, 15) is 18.0 Å². The maximum atomic E-state index is 13.1. The van der Waals surface area contributed by atoms with Gasteiger partial charge in [-0.15, -0.1) is 0 Å². The van der Waals surface area contributed by atoms with E-state index in [2.05, 4.69) is 36.6 Å². The monoisotopic (exact) mass is 471 g/mol. The fraction of sp³-hybridized carbons (Fsp3) is 0.389. The highest BCUT2D eigenvalue weighted by atomic mass is 35.5. The zero-order valence-corrected chi connectivity index (χ0v) is 17.8. The molecule has 1 unspecified atom stereocenters. The van der Waals surface area contributed by atoms with Gasteiger partial charge in [0.05, 0.1) is 30.2 Å². The Hall–Kier alpha value is -3.03. The third kappa shape index (κ3) is 5.41. The molecule has 1 aliphatic rings. The number of amides is 2. The van der Waals surface area contributed by atoms with Gasteiger partial charge in [-0.2, -0.15) is 18.3 Å². The number of carbonyl (C=O) groups is 1. The van der Waals surface area contributed by atoms with Gasteiger partial charge in [-0.05, 0) is 12.0 Å². The Balaban J connectivity index is 1.83. The summed E-state index contributed by atoms with van der Waals surface area (Å²) in [6.07, 6.45) is -1.38. The Morgan fingerprint density at radius 2 is 2.16 bits per heavy atom. The third-order valence-electron chi connectivity index (χ3n) is 4.43. The second-order valence-corrected chi connectivity index (χ2v) is 7.52. The van der Waals surface area contributed by atoms with Gasteiger partial charge in [-0.25, -0.2) is 19.7 Å². The first-order valence-electron chi connectivity index (χ1n) is 9.53. The lowest BCUT2D eigenvalue weighted by atomic mass is 10.1. The number of aliphatic imine (C=N–C) groups is 1. The Morgan fingerprint density at radius 1 is 1.41 bits per heavy atom. The molecule has 172 valence electrons. The van der Waals surface area contributed by atoms with Crippen LogP contribution < -0.4 is 21.5 Å². The van der Waals surface area contributed by atoms with Crippen molar-refractivity contribution in [2.45, 2.75) is 32.0 Å². The van der Waals surface area contributed by atoms with Crippen molar-refractivity contribution >= 4 is 40.9 Å². The van der Waals surface area contributed by atoms with E-state index in [1.54, 1.807) is 6.07 Å². The van der Waals surface area contributed by atoms with Crippen molar-refractivity contribution in [3.8, 4) is 0 Å². The van der Waals surface area contributed by atoms with Crippen LogP contribution in [0.3, 0.4) is 0 Å². The van der Waals surface area contributed by atoms with Crippen LogP contribution >= 0.6 is 11.6 Å². The van der Waals surface area contributed by atoms with Crippen LogP contribution in [0.4, 0.5) is 23.7 Å². The van der Waals surface area contributed by atoms with Gasteiger partial charge in [0.1, 0.15) is 5.71 Å². The molecule has 3 rings (SSSR count). The number of anilines is 1. The summed E-state index contributed by atoms with van der Waals surface area (Å²) < 4.78 is 40.9. The van der Waals surface area contributed by atoms with Gasteiger partial charge in [0.15, 0.2) is 10.8 Å². The van der Waals surface area contributed by atoms with E-state index in [4.69, 9.17) is 17.0 Å². The largest absolute Gasteiger partial charge is 0.432 e. The van der Waals surface area contributed by atoms with Crippen molar-refractivity contribution in [3.05, 3.63) is 34.9 Å². The van der Waals surface area contributed by atoms with Crippen molar-refractivity contribution in [1.29, 1.82) is 5.41 Å². The summed E-state index contributed by atoms with van der Waals surface area (Å²) in [5.74, 6) is -0.0793. The normalized spacial score (nSPS) is 16.7. The summed E-state index contributed by atoms with van der Waals surface area (Å²) in [5, 5.41) is 16.5. The molecule has 2 aromatic heterocycles. The average Bonchev–Trinajstić information content (AvgIpc) is 3.08. The van der Waals surface area contributed by atoms with E-state index in [1.807, 2.05) is 13.8 Å². The van der Waals surface area contributed by atoms with Crippen LogP contribution in [0.5, 0.6) is 0 Å². The van der Waals surface area contributed by atoms with Crippen LogP contribution in [0, 0.1) is 5.41 Å². The number of alkyl halides is 3. The minimum atomic E-state index is -4.66. The zero-order valence-electron chi connectivity index (χ0n) is 17.1. The number of urea groups is 1. The molecule has 10 nitrogen and oxygen atoms in total. The molecule has 2 amide bonds. The number of nitrogens with zero attached hydrogens (tertiary/aromatic N) is 4. The summed E-state index contributed by atoms with van der Waals surface area (Å²) in [4.78, 5) is 20.4. The second-order valence-electron chi connectivity index (χ2n) is 7.13. The molecule has 0 fully saturated rings. The zero-order chi connectivity index (χ0) is 23.5. The van der Waals surface area contributed by atoms with Crippen molar-refractivity contribution in [2.75, 3.05) is 18.4 Å². The van der Waals surface area contributed by atoms with E-state index in [1.165, 1.54) is 10.7 Å². The van der Waals surface area contributed by atoms with Gasteiger partial charge in [-0.3, -0.25) is 10.4 Å². The number of nitrogens with one attached hydrogen (secondary N) is 5. The van der Waals surface area contributed by atoms with E-state index in [-0.39, 0.29) is 29.9 Å². The third-order valence-corrected chi connectivity index (χ3v) is 4.61. The topological polar surface area (TPSA) is 132 Å². The number of halogens is 4. The lowest BCUT2D eigenvalue weighted by molar-refractivity contribution is -0.0581. The van der Waals surface area contributed by atoms with E-state index in [0.717, 1.165) is 12.3 Å². The number of rotatable bonds is 7. The molecule has 0 aromatic carbocycles. The number of fused-ring (bicyclic) bond motifs is 1. The van der Waals surface area contributed by atoms with Crippen LogP contribution in [-0.4, -0.2) is 57.9 Å². The molecule has 3 heterocycles. The number of dihydropyridines is 1. The average molecular weight is 472 g/mol. The van der Waals surface area contributed by atoms with Gasteiger partial charge >= 0.3 is 12.2 Å². The molecule has 0 radical (unpaired) electrons. The molecule has 2 aromatic rings. The highest BCUT2D eigenvalue weighted by Gasteiger charge is 2.37. The van der Waals surface area contributed by atoms with Crippen molar-refractivity contribution in [1.82, 2.24) is 30.8 Å². The maximum absolute atomic E-state index is 13.1. The molecule has 1 atom stereocenters. The first-order valence-corrected chi connectivity index (χ1v) is 9.90. The van der Waals surface area contributed by atoms with E-state index >= 15 is 0 Å². The lowest BCUT2D eigenvalue weighted by Gasteiger charge is -2.26. The fourth-order valence-electron chi connectivity index (χ4n) is 3.09. The van der Waals surface area contributed by atoms with Crippen molar-refractivity contribution in [3.63, 3.8) is 0 Å². The Kier molecular flexibility index (Phi) is 7.11. The lowest BCUT2D eigenvalue weighted by Crippen LogP contribution is -2.50.